The minimum Gasteiger partial charge on any atom is -0.271 e. The maximum Gasteiger partial charge on any atom is 0.419 e. The number of rotatable bonds is 3. The first-order chi connectivity index (χ1) is 9.82. The van der Waals surface area contributed by atoms with Crippen molar-refractivity contribution in [3.05, 3.63) is 70.8 Å². The summed E-state index contributed by atoms with van der Waals surface area (Å²) < 4.78 is 64.0. The van der Waals surface area contributed by atoms with E-state index in [0.29, 0.717) is 11.6 Å². The van der Waals surface area contributed by atoms with E-state index >= 15 is 0 Å². The lowest BCUT2D eigenvalue weighted by Crippen LogP contribution is -2.29. The molecule has 0 heterocycles. The molecule has 2 aromatic rings. The van der Waals surface area contributed by atoms with Crippen LogP contribution in [0.25, 0.3) is 0 Å². The Morgan fingerprint density at radius 2 is 1.48 bits per heavy atom. The van der Waals surface area contributed by atoms with Gasteiger partial charge < -0.3 is 0 Å². The number of halogens is 5. The molecule has 2 aromatic carbocycles. The van der Waals surface area contributed by atoms with Crippen LogP contribution in [-0.4, -0.2) is 0 Å². The van der Waals surface area contributed by atoms with E-state index in [1.54, 1.807) is 0 Å². The van der Waals surface area contributed by atoms with Crippen LogP contribution in [0.5, 0.6) is 0 Å². The van der Waals surface area contributed by atoms with Crippen LogP contribution in [0, 0.1) is 11.6 Å². The Balaban J connectivity index is 2.40. The highest BCUT2D eigenvalue weighted by Crippen LogP contribution is 2.33. The number of nitrogens with two attached hydrogens (primary N) is 1. The summed E-state index contributed by atoms with van der Waals surface area (Å²) in [5.74, 6) is 3.51. The van der Waals surface area contributed by atoms with E-state index in [2.05, 4.69) is 5.43 Å². The van der Waals surface area contributed by atoms with Crippen LogP contribution in [0.2, 0.25) is 0 Å². The van der Waals surface area contributed by atoms with Gasteiger partial charge in [0, 0.05) is 0 Å². The van der Waals surface area contributed by atoms with Crippen molar-refractivity contribution < 1.29 is 22.0 Å². The predicted octanol–water partition coefficient (Wildman–Crippen LogP) is 3.54. The van der Waals surface area contributed by atoms with Crippen molar-refractivity contribution in [3.8, 4) is 0 Å². The number of alkyl halides is 3. The Morgan fingerprint density at radius 3 is 1.95 bits per heavy atom. The monoisotopic (exact) mass is 302 g/mol. The molecular formula is C14H11F5N2. The van der Waals surface area contributed by atoms with Crippen molar-refractivity contribution in [1.82, 2.24) is 5.43 Å². The molecular weight excluding hydrogens is 291 g/mol. The largest absolute Gasteiger partial charge is 0.419 e. The van der Waals surface area contributed by atoms with Gasteiger partial charge in [-0.2, -0.15) is 13.2 Å². The Hall–Kier alpha value is -1.99. The van der Waals surface area contributed by atoms with Crippen molar-refractivity contribution in [1.29, 1.82) is 0 Å². The first-order valence-corrected chi connectivity index (χ1v) is 5.91. The normalized spacial score (nSPS) is 13.2. The second-order valence-electron chi connectivity index (χ2n) is 4.39. The molecule has 0 saturated heterocycles. The summed E-state index contributed by atoms with van der Waals surface area (Å²) in [6.07, 6.45) is -4.76. The van der Waals surface area contributed by atoms with Gasteiger partial charge in [0.1, 0.15) is 11.6 Å². The van der Waals surface area contributed by atoms with E-state index in [4.69, 9.17) is 5.84 Å². The third-order valence-corrected chi connectivity index (χ3v) is 3.00. The summed E-state index contributed by atoms with van der Waals surface area (Å²) in [6.45, 7) is 0. The smallest absolute Gasteiger partial charge is 0.271 e. The fourth-order valence-electron chi connectivity index (χ4n) is 1.98. The quantitative estimate of drug-likeness (QED) is 0.517. The van der Waals surface area contributed by atoms with Gasteiger partial charge in [-0.1, -0.05) is 18.2 Å². The molecule has 0 bridgehead atoms. The highest BCUT2D eigenvalue weighted by atomic mass is 19.4. The average molecular weight is 302 g/mol. The molecule has 0 aliphatic rings. The summed E-state index contributed by atoms with van der Waals surface area (Å²) in [5, 5.41) is 0. The minimum absolute atomic E-state index is 0.203. The van der Waals surface area contributed by atoms with Crippen LogP contribution in [0.1, 0.15) is 22.7 Å². The Bertz CT molecular complexity index is 622. The molecule has 0 aromatic heterocycles. The minimum atomic E-state index is -4.76. The van der Waals surface area contributed by atoms with E-state index < -0.39 is 29.4 Å². The summed E-state index contributed by atoms with van der Waals surface area (Å²) in [5.41, 5.74) is 1.72. The first kappa shape index (κ1) is 15.4. The van der Waals surface area contributed by atoms with Crippen LogP contribution in [-0.2, 0) is 6.18 Å². The summed E-state index contributed by atoms with van der Waals surface area (Å²) in [6, 6.07) is 6.97. The lowest BCUT2D eigenvalue weighted by molar-refractivity contribution is -0.140. The zero-order valence-corrected chi connectivity index (χ0v) is 10.6. The molecule has 0 spiro atoms. The molecule has 21 heavy (non-hydrogen) atoms. The van der Waals surface area contributed by atoms with Crippen LogP contribution in [0.15, 0.2) is 42.5 Å². The number of nitrogens with one attached hydrogen (secondary N) is 1. The zero-order valence-electron chi connectivity index (χ0n) is 10.6. The average Bonchev–Trinajstić information content (AvgIpc) is 2.40. The fourth-order valence-corrected chi connectivity index (χ4v) is 1.98. The molecule has 112 valence electrons. The van der Waals surface area contributed by atoms with E-state index in [1.165, 1.54) is 24.3 Å². The lowest BCUT2D eigenvalue weighted by atomic mass is 9.98. The number of hydrogen-bond donors (Lipinski definition) is 2. The second-order valence-corrected chi connectivity index (χ2v) is 4.39. The van der Waals surface area contributed by atoms with Crippen LogP contribution < -0.4 is 11.3 Å². The summed E-state index contributed by atoms with van der Waals surface area (Å²) >= 11 is 0. The van der Waals surface area contributed by atoms with E-state index in [-0.39, 0.29) is 5.56 Å². The van der Waals surface area contributed by atoms with Gasteiger partial charge in [-0.3, -0.25) is 5.84 Å². The lowest BCUT2D eigenvalue weighted by Gasteiger charge is -2.18. The topological polar surface area (TPSA) is 38.0 Å². The highest BCUT2D eigenvalue weighted by molar-refractivity contribution is 5.35. The molecule has 0 fully saturated rings. The number of hydrogen-bond acceptors (Lipinski definition) is 2. The second kappa shape index (κ2) is 5.79. The van der Waals surface area contributed by atoms with Gasteiger partial charge in [0.25, 0.3) is 0 Å². The molecule has 7 heteroatoms. The number of benzene rings is 2. The molecule has 0 saturated carbocycles. The maximum atomic E-state index is 13.6. The Morgan fingerprint density at radius 1 is 0.905 bits per heavy atom. The summed E-state index contributed by atoms with van der Waals surface area (Å²) in [4.78, 5) is 0. The van der Waals surface area contributed by atoms with Crippen LogP contribution >= 0.6 is 0 Å². The molecule has 1 unspecified atom stereocenters. The third-order valence-electron chi connectivity index (χ3n) is 3.00. The van der Waals surface area contributed by atoms with E-state index in [0.717, 1.165) is 12.1 Å². The van der Waals surface area contributed by atoms with Crippen molar-refractivity contribution in [2.45, 2.75) is 12.2 Å². The predicted molar refractivity (Wildman–Crippen MR) is 67.0 cm³/mol. The fraction of sp³-hybridized carbons (Fsp3) is 0.143. The van der Waals surface area contributed by atoms with Gasteiger partial charge in [0.2, 0.25) is 0 Å². The molecule has 0 amide bonds. The van der Waals surface area contributed by atoms with Gasteiger partial charge in [-0.25, -0.2) is 14.2 Å². The van der Waals surface area contributed by atoms with Gasteiger partial charge in [0.05, 0.1) is 11.6 Å². The molecule has 3 N–H and O–H groups in total. The molecule has 0 aliphatic carbocycles. The molecule has 2 nitrogen and oxygen atoms in total. The van der Waals surface area contributed by atoms with Gasteiger partial charge >= 0.3 is 6.18 Å². The van der Waals surface area contributed by atoms with Gasteiger partial charge in [0.15, 0.2) is 0 Å². The Kier molecular flexibility index (Phi) is 4.24. The standard InChI is InChI=1S/C14H11F5N2/c15-10-4-1-8(2-5-10)13(21-20)9-3-6-11(12(16)7-9)14(17,18)19/h1-7,13,21H,20H2. The molecule has 0 radical (unpaired) electrons. The molecule has 0 aliphatic heterocycles. The van der Waals surface area contributed by atoms with Crippen LogP contribution in [0.4, 0.5) is 22.0 Å². The maximum absolute atomic E-state index is 13.6. The molecule has 1 atom stereocenters. The van der Waals surface area contributed by atoms with Gasteiger partial charge in [-0.05, 0) is 35.4 Å². The number of hydrazine groups is 1. The van der Waals surface area contributed by atoms with E-state index in [9.17, 15) is 22.0 Å². The summed E-state index contributed by atoms with van der Waals surface area (Å²) in [7, 11) is 0. The van der Waals surface area contributed by atoms with E-state index in [1.807, 2.05) is 0 Å². The highest BCUT2D eigenvalue weighted by Gasteiger charge is 2.34. The van der Waals surface area contributed by atoms with Crippen molar-refractivity contribution in [3.63, 3.8) is 0 Å². The van der Waals surface area contributed by atoms with Crippen molar-refractivity contribution >= 4 is 0 Å². The first-order valence-electron chi connectivity index (χ1n) is 5.91. The third kappa shape index (κ3) is 3.37. The van der Waals surface area contributed by atoms with Crippen molar-refractivity contribution in [2.24, 2.45) is 5.84 Å². The molecule has 2 rings (SSSR count). The SMILES string of the molecule is NNC(c1ccc(F)cc1)c1ccc(C(F)(F)F)c(F)c1. The van der Waals surface area contributed by atoms with Crippen LogP contribution in [0.3, 0.4) is 0 Å². The van der Waals surface area contributed by atoms with Gasteiger partial charge in [-0.15, -0.1) is 0 Å². The zero-order chi connectivity index (χ0) is 15.6. The Labute approximate surface area is 117 Å². The van der Waals surface area contributed by atoms with Crippen molar-refractivity contribution in [2.75, 3.05) is 0 Å².